The van der Waals surface area contributed by atoms with E-state index in [-0.39, 0.29) is 12.6 Å². The van der Waals surface area contributed by atoms with Crippen molar-refractivity contribution in [1.82, 2.24) is 10.6 Å². The highest BCUT2D eigenvalue weighted by atomic mass is 79.9. The largest absolute Gasteiger partial charge is 0.383 e. The van der Waals surface area contributed by atoms with Crippen LogP contribution in [0.15, 0.2) is 41.4 Å². The molecule has 1 aromatic carbocycles. The molecule has 0 aliphatic carbocycles. The van der Waals surface area contributed by atoms with Gasteiger partial charge in [-0.3, -0.25) is 0 Å². The van der Waals surface area contributed by atoms with Gasteiger partial charge in [-0.05, 0) is 24.1 Å². The number of nitrogens with one attached hydrogen (secondary N) is 2. The van der Waals surface area contributed by atoms with Crippen LogP contribution in [0.25, 0.3) is 0 Å². The number of urea groups is 1. The fourth-order valence-corrected chi connectivity index (χ4v) is 1.91. The first-order valence-corrected chi connectivity index (χ1v) is 6.92. The third kappa shape index (κ3) is 4.69. The summed E-state index contributed by atoms with van der Waals surface area (Å²) in [7, 11) is 0. The molecule has 0 aliphatic rings. The van der Waals surface area contributed by atoms with Crippen LogP contribution >= 0.6 is 15.9 Å². The number of aliphatic hydroxyl groups is 1. The predicted octanol–water partition coefficient (Wildman–Crippen LogP) is 2.53. The summed E-state index contributed by atoms with van der Waals surface area (Å²) in [4.78, 5) is 11.5. The summed E-state index contributed by atoms with van der Waals surface area (Å²) in [5, 5.41) is 15.8. The maximum atomic E-state index is 11.5. The van der Waals surface area contributed by atoms with Crippen molar-refractivity contribution < 1.29 is 9.90 Å². The van der Waals surface area contributed by atoms with E-state index in [9.17, 15) is 9.90 Å². The average Bonchev–Trinajstić information content (AvgIpc) is 2.43. The zero-order valence-corrected chi connectivity index (χ0v) is 12.5. The lowest BCUT2D eigenvalue weighted by Gasteiger charge is -2.27. The Morgan fingerprint density at radius 3 is 2.58 bits per heavy atom. The van der Waals surface area contributed by atoms with Gasteiger partial charge < -0.3 is 15.7 Å². The number of carbonyl (C=O) groups excluding carboxylic acids is 1. The van der Waals surface area contributed by atoms with Crippen molar-refractivity contribution in [3.63, 3.8) is 0 Å². The maximum Gasteiger partial charge on any atom is 0.315 e. The number of amides is 2. The van der Waals surface area contributed by atoms with E-state index in [4.69, 9.17) is 0 Å². The normalized spacial score (nSPS) is 13.4. The monoisotopic (exact) mass is 326 g/mol. The molecule has 0 radical (unpaired) electrons. The van der Waals surface area contributed by atoms with E-state index >= 15 is 0 Å². The van der Waals surface area contributed by atoms with Crippen LogP contribution in [0.4, 0.5) is 4.79 Å². The molecule has 0 fully saturated rings. The van der Waals surface area contributed by atoms with Crippen molar-refractivity contribution >= 4 is 22.0 Å². The number of benzene rings is 1. The number of hydrogen-bond donors (Lipinski definition) is 3. The fourth-order valence-electron chi connectivity index (χ4n) is 1.65. The highest BCUT2D eigenvalue weighted by Crippen LogP contribution is 2.25. The summed E-state index contributed by atoms with van der Waals surface area (Å²) in [5.74, 6) is 0. The van der Waals surface area contributed by atoms with Crippen LogP contribution in [0, 0.1) is 0 Å². The quantitative estimate of drug-likeness (QED) is 0.703. The smallest absolute Gasteiger partial charge is 0.315 e. The highest BCUT2D eigenvalue weighted by Gasteiger charge is 2.27. The first kappa shape index (κ1) is 15.7. The Kier molecular flexibility index (Phi) is 6.05. The Balaban J connectivity index is 2.67. The minimum absolute atomic E-state index is 0.161. The summed E-state index contributed by atoms with van der Waals surface area (Å²) < 4.78 is 0.950. The first-order valence-electron chi connectivity index (χ1n) is 6.13. The van der Waals surface area contributed by atoms with Gasteiger partial charge in [-0.1, -0.05) is 41.1 Å². The molecule has 1 aromatic rings. The summed E-state index contributed by atoms with van der Waals surface area (Å²) in [6.45, 7) is 5.96. The Morgan fingerprint density at radius 1 is 1.42 bits per heavy atom. The van der Waals surface area contributed by atoms with E-state index in [1.165, 1.54) is 0 Å². The second-order valence-corrected chi connectivity index (χ2v) is 5.16. The van der Waals surface area contributed by atoms with E-state index in [1.54, 1.807) is 6.08 Å². The van der Waals surface area contributed by atoms with Crippen LogP contribution < -0.4 is 10.6 Å². The van der Waals surface area contributed by atoms with Gasteiger partial charge in [0.25, 0.3) is 0 Å². The maximum absolute atomic E-state index is 11.5. The molecule has 1 atom stereocenters. The van der Waals surface area contributed by atoms with Crippen molar-refractivity contribution in [3.05, 3.63) is 47.0 Å². The first-order chi connectivity index (χ1) is 9.01. The van der Waals surface area contributed by atoms with Crippen molar-refractivity contribution in [1.29, 1.82) is 0 Å². The van der Waals surface area contributed by atoms with Gasteiger partial charge >= 0.3 is 6.03 Å². The summed E-state index contributed by atoms with van der Waals surface area (Å²) in [6.07, 6.45) is 2.11. The van der Waals surface area contributed by atoms with Gasteiger partial charge in [0, 0.05) is 11.0 Å². The lowest BCUT2D eigenvalue weighted by Crippen LogP contribution is -2.44. The lowest BCUT2D eigenvalue weighted by molar-refractivity contribution is 0.0352. The molecule has 0 heterocycles. The van der Waals surface area contributed by atoms with E-state index in [0.717, 1.165) is 10.0 Å². The van der Waals surface area contributed by atoms with Gasteiger partial charge in [0.05, 0.1) is 6.54 Å². The molecular formula is C14H19BrN2O2. The van der Waals surface area contributed by atoms with Gasteiger partial charge in [0.15, 0.2) is 0 Å². The van der Waals surface area contributed by atoms with Gasteiger partial charge in [0.2, 0.25) is 0 Å². The Morgan fingerprint density at radius 2 is 2.05 bits per heavy atom. The fraction of sp³-hybridized carbons (Fsp3) is 0.357. The summed E-state index contributed by atoms with van der Waals surface area (Å²) >= 11 is 3.35. The molecule has 1 rings (SSSR count). The molecule has 0 bridgehead atoms. The van der Waals surface area contributed by atoms with Gasteiger partial charge in [-0.15, -0.1) is 6.58 Å². The standard InChI is InChI=1S/C14H19BrN2O2/c1-3-9-16-13(18)17-10-14(19,4-2)11-5-7-12(15)8-6-11/h3,5-8,19H,1,4,9-10H2,2H3,(H2,16,17,18). The summed E-state index contributed by atoms with van der Waals surface area (Å²) in [6, 6.07) is 7.11. The Hall–Kier alpha value is -1.33. The third-order valence-electron chi connectivity index (χ3n) is 2.91. The van der Waals surface area contributed by atoms with Crippen LogP contribution in [0.1, 0.15) is 18.9 Å². The molecule has 1 unspecified atom stereocenters. The van der Waals surface area contributed by atoms with Crippen LogP contribution in [0.3, 0.4) is 0 Å². The molecule has 5 heteroatoms. The molecule has 0 aromatic heterocycles. The number of rotatable bonds is 6. The summed E-state index contributed by atoms with van der Waals surface area (Å²) in [5.41, 5.74) is -0.283. The second-order valence-electron chi connectivity index (χ2n) is 4.24. The van der Waals surface area contributed by atoms with Gasteiger partial charge in [0.1, 0.15) is 5.60 Å². The molecule has 2 amide bonds. The number of halogens is 1. The van der Waals surface area contributed by atoms with Crippen molar-refractivity contribution in [3.8, 4) is 0 Å². The van der Waals surface area contributed by atoms with Gasteiger partial charge in [-0.25, -0.2) is 4.79 Å². The van der Waals surface area contributed by atoms with Crippen LogP contribution in [0.5, 0.6) is 0 Å². The van der Waals surface area contributed by atoms with Crippen LogP contribution in [-0.4, -0.2) is 24.2 Å². The van der Waals surface area contributed by atoms with E-state index < -0.39 is 5.60 Å². The molecule has 4 nitrogen and oxygen atoms in total. The minimum atomic E-state index is -1.06. The predicted molar refractivity (Wildman–Crippen MR) is 79.9 cm³/mol. The van der Waals surface area contributed by atoms with Gasteiger partial charge in [-0.2, -0.15) is 0 Å². The zero-order chi connectivity index (χ0) is 14.3. The lowest BCUT2D eigenvalue weighted by atomic mass is 9.91. The molecule has 0 saturated heterocycles. The van der Waals surface area contributed by atoms with E-state index in [0.29, 0.717) is 13.0 Å². The van der Waals surface area contributed by atoms with Crippen LogP contribution in [-0.2, 0) is 5.60 Å². The third-order valence-corrected chi connectivity index (χ3v) is 3.44. The second kappa shape index (κ2) is 7.31. The minimum Gasteiger partial charge on any atom is -0.383 e. The number of carbonyl (C=O) groups is 1. The molecule has 3 N–H and O–H groups in total. The number of hydrogen-bond acceptors (Lipinski definition) is 2. The highest BCUT2D eigenvalue weighted by molar-refractivity contribution is 9.10. The van der Waals surface area contributed by atoms with E-state index in [2.05, 4.69) is 33.1 Å². The Labute approximate surface area is 122 Å². The molecule has 0 spiro atoms. The SMILES string of the molecule is C=CCNC(=O)NCC(O)(CC)c1ccc(Br)cc1. The topological polar surface area (TPSA) is 61.4 Å². The molecule has 0 saturated carbocycles. The van der Waals surface area contributed by atoms with Crippen molar-refractivity contribution in [2.75, 3.05) is 13.1 Å². The molecule has 0 aliphatic heterocycles. The van der Waals surface area contributed by atoms with Crippen LogP contribution in [0.2, 0.25) is 0 Å². The Bertz CT molecular complexity index is 434. The zero-order valence-electron chi connectivity index (χ0n) is 10.9. The molecular weight excluding hydrogens is 308 g/mol. The average molecular weight is 327 g/mol. The molecule has 19 heavy (non-hydrogen) atoms. The van der Waals surface area contributed by atoms with Crippen molar-refractivity contribution in [2.24, 2.45) is 0 Å². The molecule has 104 valence electrons. The van der Waals surface area contributed by atoms with Crippen molar-refractivity contribution in [2.45, 2.75) is 18.9 Å². The van der Waals surface area contributed by atoms with E-state index in [1.807, 2.05) is 31.2 Å².